The molecule has 1 aliphatic carbocycles. The first kappa shape index (κ1) is 24.4. The van der Waals surface area contributed by atoms with Gasteiger partial charge in [-0.2, -0.15) is 5.10 Å². The summed E-state index contributed by atoms with van der Waals surface area (Å²) < 4.78 is 27.3. The third kappa shape index (κ3) is 4.59. The van der Waals surface area contributed by atoms with Crippen LogP contribution >= 0.6 is 0 Å². The first-order chi connectivity index (χ1) is 16.8. The molecule has 8 nitrogen and oxygen atoms in total. The van der Waals surface area contributed by atoms with Crippen molar-refractivity contribution in [2.45, 2.75) is 51.9 Å². The Morgan fingerprint density at radius 2 is 1.92 bits per heavy atom. The Hall–Kier alpha value is -3.33. The van der Waals surface area contributed by atoms with Gasteiger partial charge >= 0.3 is 0 Å². The van der Waals surface area contributed by atoms with Gasteiger partial charge in [-0.05, 0) is 49.4 Å². The molecule has 1 atom stereocenters. The molecule has 1 fully saturated rings. The molecule has 3 heterocycles. The van der Waals surface area contributed by atoms with E-state index in [-0.39, 0.29) is 28.4 Å². The van der Waals surface area contributed by atoms with Crippen molar-refractivity contribution in [1.82, 2.24) is 14.8 Å². The van der Waals surface area contributed by atoms with E-state index in [2.05, 4.69) is 29.3 Å². The third-order valence-corrected chi connectivity index (χ3v) is 8.17. The zero-order valence-electron chi connectivity index (χ0n) is 21.5. The number of aliphatic imine (C=N–C) groups is 1. The number of carbonyl (C=O) groups excluding carboxylic acids is 1. The smallest absolute Gasteiger partial charge is 0.177 e. The number of nitrogens with zero attached hydrogens (tertiary/aromatic N) is 4. The number of hydrogen-bond donors (Lipinski definition) is 1. The molecule has 1 aromatic carbocycles. The molecule has 0 amide bonds. The lowest BCUT2D eigenvalue weighted by atomic mass is 10.0. The van der Waals surface area contributed by atoms with Gasteiger partial charge in [0.15, 0.2) is 9.84 Å². The van der Waals surface area contributed by atoms with Crippen LogP contribution in [-0.4, -0.2) is 40.9 Å². The molecule has 0 unspecified atom stereocenters. The molecule has 188 valence electrons. The number of aryl methyl sites for hydroxylation is 2. The summed E-state index contributed by atoms with van der Waals surface area (Å²) in [4.78, 5) is 22.4. The van der Waals surface area contributed by atoms with E-state index in [4.69, 9.17) is 4.98 Å². The van der Waals surface area contributed by atoms with Crippen molar-refractivity contribution in [3.8, 4) is 11.3 Å². The maximum atomic E-state index is 12.8. The highest BCUT2D eigenvalue weighted by Crippen LogP contribution is 2.52. The minimum Gasteiger partial charge on any atom is -0.353 e. The summed E-state index contributed by atoms with van der Waals surface area (Å²) in [6, 6.07) is 7.11. The van der Waals surface area contributed by atoms with Crippen molar-refractivity contribution in [2.75, 3.05) is 11.6 Å². The summed E-state index contributed by atoms with van der Waals surface area (Å²) in [5, 5.41) is 7.80. The summed E-state index contributed by atoms with van der Waals surface area (Å²) >= 11 is 0. The zero-order chi connectivity index (χ0) is 26.0. The fourth-order valence-corrected chi connectivity index (χ4v) is 5.85. The molecule has 5 rings (SSSR count). The second-order valence-electron chi connectivity index (χ2n) is 10.8. The van der Waals surface area contributed by atoms with Gasteiger partial charge in [0, 0.05) is 49.5 Å². The number of fused-ring (bicyclic) bond motifs is 1. The average molecular weight is 506 g/mol. The molecule has 1 aliphatic heterocycles. The van der Waals surface area contributed by atoms with Crippen LogP contribution in [0, 0.1) is 18.3 Å². The van der Waals surface area contributed by atoms with Crippen molar-refractivity contribution >= 4 is 38.4 Å². The highest BCUT2D eigenvalue weighted by Gasteiger charge is 2.49. The van der Waals surface area contributed by atoms with Gasteiger partial charge in [-0.25, -0.2) is 8.42 Å². The van der Waals surface area contributed by atoms with Gasteiger partial charge in [0.25, 0.3) is 0 Å². The second-order valence-corrected chi connectivity index (χ2v) is 12.8. The highest BCUT2D eigenvalue weighted by molar-refractivity contribution is 7.90. The normalized spacial score (nSPS) is 18.1. The number of aromatic nitrogens is 3. The van der Waals surface area contributed by atoms with Crippen LogP contribution in [0.2, 0.25) is 0 Å². The number of hydrogen-bond acceptors (Lipinski definition) is 7. The average Bonchev–Trinajstić information content (AvgIpc) is 3.06. The van der Waals surface area contributed by atoms with Crippen LogP contribution in [0.5, 0.6) is 0 Å². The van der Waals surface area contributed by atoms with Crippen molar-refractivity contribution in [3.63, 3.8) is 0 Å². The SMILES string of the molecule is CC1=Nc2c(Nc3ccc(-c4nn(C)cc4C)cc3S(C)(=O)=O)cc(CC(=O)[C@H]3CC3(C)C)nc2C1. The molecular formula is C27H31N5O3S. The molecule has 0 radical (unpaired) electrons. The van der Waals surface area contributed by atoms with E-state index < -0.39 is 9.84 Å². The molecule has 0 bridgehead atoms. The number of rotatable bonds is 7. The predicted octanol–water partition coefficient (Wildman–Crippen LogP) is 4.74. The Labute approximate surface area is 211 Å². The molecule has 0 spiro atoms. The van der Waals surface area contributed by atoms with Crippen LogP contribution in [0.15, 0.2) is 40.4 Å². The van der Waals surface area contributed by atoms with Gasteiger partial charge in [0.2, 0.25) is 0 Å². The van der Waals surface area contributed by atoms with Crippen molar-refractivity contribution < 1.29 is 13.2 Å². The van der Waals surface area contributed by atoms with Crippen molar-refractivity contribution in [3.05, 3.63) is 47.4 Å². The largest absolute Gasteiger partial charge is 0.353 e. The van der Waals surface area contributed by atoms with Crippen LogP contribution < -0.4 is 5.32 Å². The molecule has 9 heteroatoms. The van der Waals surface area contributed by atoms with E-state index in [1.54, 1.807) is 16.8 Å². The van der Waals surface area contributed by atoms with Crippen LogP contribution in [0.25, 0.3) is 11.3 Å². The van der Waals surface area contributed by atoms with Gasteiger partial charge < -0.3 is 5.32 Å². The van der Waals surface area contributed by atoms with Crippen LogP contribution in [0.1, 0.15) is 44.1 Å². The van der Waals surface area contributed by atoms with E-state index in [0.29, 0.717) is 29.2 Å². The molecule has 0 saturated heterocycles. The number of pyridine rings is 1. The Kier molecular flexibility index (Phi) is 5.66. The number of carbonyl (C=O) groups is 1. The zero-order valence-corrected chi connectivity index (χ0v) is 22.3. The molecule has 2 aromatic heterocycles. The van der Waals surface area contributed by atoms with E-state index in [9.17, 15) is 13.2 Å². The van der Waals surface area contributed by atoms with Gasteiger partial charge in [0.05, 0.1) is 33.4 Å². The minimum absolute atomic E-state index is 0.0622. The first-order valence-electron chi connectivity index (χ1n) is 12.0. The molecule has 2 aliphatic rings. The number of sulfone groups is 1. The topological polar surface area (TPSA) is 106 Å². The minimum atomic E-state index is -3.56. The molecule has 36 heavy (non-hydrogen) atoms. The van der Waals surface area contributed by atoms with Gasteiger partial charge in [0.1, 0.15) is 11.5 Å². The first-order valence-corrected chi connectivity index (χ1v) is 13.9. The second kappa shape index (κ2) is 8.37. The fourth-order valence-electron chi connectivity index (χ4n) is 4.99. The Bertz CT molecular complexity index is 1550. The summed E-state index contributed by atoms with van der Waals surface area (Å²) in [5.41, 5.74) is 6.69. The molecule has 1 saturated carbocycles. The van der Waals surface area contributed by atoms with E-state index in [1.807, 2.05) is 39.2 Å². The lowest BCUT2D eigenvalue weighted by Crippen LogP contribution is -2.11. The third-order valence-electron chi connectivity index (χ3n) is 7.04. The Morgan fingerprint density at radius 3 is 2.53 bits per heavy atom. The standard InChI is InChI=1S/C27H31N5O3S/c1-15-14-32(5)31-25(15)17-7-8-20(24(10-17)36(6,34)35)30-22-11-18(12-23(33)19-13-27(19,3)4)29-21-9-16(2)28-26(21)22/h7-8,10-11,14,19H,9,12-13H2,1-6H3,(H,29,30)/t19-/m1/s1. The summed E-state index contributed by atoms with van der Waals surface area (Å²) in [5.74, 6) is 0.266. The molecule has 3 aromatic rings. The predicted molar refractivity (Wildman–Crippen MR) is 141 cm³/mol. The van der Waals surface area contributed by atoms with Crippen LogP contribution in [-0.2, 0) is 34.5 Å². The maximum Gasteiger partial charge on any atom is 0.177 e. The molecule has 1 N–H and O–H groups in total. The Balaban J connectivity index is 1.54. The van der Waals surface area contributed by atoms with E-state index in [1.165, 1.54) is 6.26 Å². The lowest BCUT2D eigenvalue weighted by Gasteiger charge is -2.15. The van der Waals surface area contributed by atoms with Gasteiger partial charge in [-0.15, -0.1) is 0 Å². The molecular weight excluding hydrogens is 474 g/mol. The summed E-state index contributed by atoms with van der Waals surface area (Å²) in [6.45, 7) is 8.10. The monoisotopic (exact) mass is 505 g/mol. The maximum absolute atomic E-state index is 12.8. The number of ketones is 1. The van der Waals surface area contributed by atoms with Crippen LogP contribution in [0.4, 0.5) is 17.1 Å². The Morgan fingerprint density at radius 1 is 1.19 bits per heavy atom. The van der Waals surface area contributed by atoms with Crippen LogP contribution in [0.3, 0.4) is 0 Å². The number of Topliss-reactive ketones (excluding diaryl/α,β-unsaturated/α-hetero) is 1. The quantitative estimate of drug-likeness (QED) is 0.497. The van der Waals surface area contributed by atoms with Gasteiger partial charge in [-0.1, -0.05) is 19.9 Å². The summed E-state index contributed by atoms with van der Waals surface area (Å²) in [7, 11) is -1.73. The van der Waals surface area contributed by atoms with E-state index >= 15 is 0 Å². The highest BCUT2D eigenvalue weighted by atomic mass is 32.2. The fraction of sp³-hybridized carbons (Fsp3) is 0.407. The van der Waals surface area contributed by atoms with E-state index in [0.717, 1.165) is 34.6 Å². The number of nitrogens with one attached hydrogen (secondary N) is 1. The van der Waals surface area contributed by atoms with Gasteiger partial charge in [-0.3, -0.25) is 19.5 Å². The van der Waals surface area contributed by atoms with Crippen molar-refractivity contribution in [2.24, 2.45) is 23.4 Å². The van der Waals surface area contributed by atoms with Crippen molar-refractivity contribution in [1.29, 1.82) is 0 Å². The number of anilines is 2. The number of benzene rings is 1. The lowest BCUT2D eigenvalue weighted by molar-refractivity contribution is -0.120. The summed E-state index contributed by atoms with van der Waals surface area (Å²) in [6.07, 6.45) is 4.87.